The number of esters is 3. The van der Waals surface area contributed by atoms with E-state index in [9.17, 15) is 14.4 Å². The summed E-state index contributed by atoms with van der Waals surface area (Å²) >= 11 is 0. The van der Waals surface area contributed by atoms with E-state index in [1.54, 1.807) is 97.9 Å². The third kappa shape index (κ3) is 5.45. The Morgan fingerprint density at radius 3 is 1.72 bits per heavy atom. The summed E-state index contributed by atoms with van der Waals surface area (Å²) in [4.78, 5) is 38.5. The second-order valence-corrected chi connectivity index (χ2v) is 8.32. The second kappa shape index (κ2) is 11.2. The number of carbonyl (C=O) groups is 3. The van der Waals surface area contributed by atoms with E-state index in [4.69, 9.17) is 23.7 Å². The Kier molecular flexibility index (Phi) is 7.77. The maximum Gasteiger partial charge on any atom is 0.338 e. The van der Waals surface area contributed by atoms with Gasteiger partial charge in [-0.25, -0.2) is 14.4 Å². The fourth-order valence-electron chi connectivity index (χ4n) is 3.90. The van der Waals surface area contributed by atoms with Crippen molar-refractivity contribution in [3.8, 4) is 0 Å². The van der Waals surface area contributed by atoms with Gasteiger partial charge in [0.05, 0.1) is 16.7 Å². The molecule has 3 aromatic rings. The molecule has 0 saturated carbocycles. The number of carbonyl (C=O) groups excluding carboxylic acids is 3. The molecule has 8 heteroatoms. The van der Waals surface area contributed by atoms with Crippen LogP contribution in [0.1, 0.15) is 38.0 Å². The molecule has 1 aliphatic rings. The Labute approximate surface area is 208 Å². The van der Waals surface area contributed by atoms with E-state index in [0.29, 0.717) is 16.7 Å². The maximum absolute atomic E-state index is 13.0. The molecule has 0 aromatic heterocycles. The SMILES string of the molecule is COC1O[C@H](COC(=O)c2ccccc2)[C@](C)(OC(=O)c2ccccc2)C1OC(=O)c1ccccc1. The van der Waals surface area contributed by atoms with Crippen LogP contribution >= 0.6 is 0 Å². The van der Waals surface area contributed by atoms with Gasteiger partial charge in [0.15, 0.2) is 18.0 Å². The third-order valence-electron chi connectivity index (χ3n) is 5.92. The average molecular weight is 491 g/mol. The van der Waals surface area contributed by atoms with E-state index in [2.05, 4.69) is 0 Å². The number of ether oxygens (including phenoxy) is 5. The van der Waals surface area contributed by atoms with Crippen LogP contribution in [-0.4, -0.2) is 55.7 Å². The quantitative estimate of drug-likeness (QED) is 0.345. The van der Waals surface area contributed by atoms with Crippen LogP contribution in [0.2, 0.25) is 0 Å². The molecule has 1 saturated heterocycles. The minimum absolute atomic E-state index is 0.272. The molecular formula is C28H26O8. The lowest BCUT2D eigenvalue weighted by atomic mass is 9.94. The number of rotatable bonds is 8. The summed E-state index contributed by atoms with van der Waals surface area (Å²) in [5, 5.41) is 0. The highest BCUT2D eigenvalue weighted by Crippen LogP contribution is 2.38. The highest BCUT2D eigenvalue weighted by atomic mass is 16.7. The summed E-state index contributed by atoms with van der Waals surface area (Å²) in [5.74, 6) is -1.87. The normalized spacial score (nSPS) is 23.0. The van der Waals surface area contributed by atoms with Crippen LogP contribution in [0.25, 0.3) is 0 Å². The molecule has 0 N–H and O–H groups in total. The molecule has 36 heavy (non-hydrogen) atoms. The Bertz CT molecular complexity index is 1180. The molecule has 0 radical (unpaired) electrons. The highest BCUT2D eigenvalue weighted by Gasteiger charge is 2.60. The van der Waals surface area contributed by atoms with E-state index in [0.717, 1.165) is 0 Å². The predicted octanol–water partition coefficient (Wildman–Crippen LogP) is 4.06. The van der Waals surface area contributed by atoms with E-state index in [-0.39, 0.29) is 6.61 Å². The van der Waals surface area contributed by atoms with Gasteiger partial charge in [-0.1, -0.05) is 54.6 Å². The molecule has 1 aliphatic heterocycles. The van der Waals surface area contributed by atoms with Crippen molar-refractivity contribution < 1.29 is 38.1 Å². The predicted molar refractivity (Wildman–Crippen MR) is 128 cm³/mol. The van der Waals surface area contributed by atoms with Crippen LogP contribution in [-0.2, 0) is 23.7 Å². The molecule has 1 fully saturated rings. The summed E-state index contributed by atoms with van der Waals surface area (Å²) in [6.07, 6.45) is -3.22. The monoisotopic (exact) mass is 490 g/mol. The van der Waals surface area contributed by atoms with E-state index in [1.807, 2.05) is 0 Å². The van der Waals surface area contributed by atoms with Crippen LogP contribution in [0.5, 0.6) is 0 Å². The number of hydrogen-bond acceptors (Lipinski definition) is 8. The first kappa shape index (κ1) is 25.1. The lowest BCUT2D eigenvalue weighted by Gasteiger charge is -2.33. The lowest BCUT2D eigenvalue weighted by molar-refractivity contribution is -0.155. The van der Waals surface area contributed by atoms with Gasteiger partial charge in [0.2, 0.25) is 0 Å². The standard InChI is InChI=1S/C28H26O8/c1-28(36-26(31)21-16-10-5-11-17-21)22(18-33-24(29)19-12-6-3-7-13-19)34-27(32-2)23(28)35-25(30)20-14-8-4-9-15-20/h3-17,22-23,27H,18H2,1-2H3/t22-,23?,27?,28+/m1/s1. The molecule has 186 valence electrons. The van der Waals surface area contributed by atoms with E-state index in [1.165, 1.54) is 7.11 Å². The van der Waals surface area contributed by atoms with Gasteiger partial charge in [0.1, 0.15) is 12.7 Å². The molecule has 2 unspecified atom stereocenters. The Morgan fingerprint density at radius 2 is 1.22 bits per heavy atom. The molecular weight excluding hydrogens is 464 g/mol. The average Bonchev–Trinajstić information content (AvgIpc) is 3.18. The summed E-state index contributed by atoms with van der Waals surface area (Å²) in [5.41, 5.74) is -0.584. The van der Waals surface area contributed by atoms with Crippen molar-refractivity contribution in [1.29, 1.82) is 0 Å². The molecule has 4 rings (SSSR count). The van der Waals surface area contributed by atoms with Gasteiger partial charge >= 0.3 is 17.9 Å². The van der Waals surface area contributed by atoms with E-state index >= 15 is 0 Å². The number of methoxy groups -OCH3 is 1. The fourth-order valence-corrected chi connectivity index (χ4v) is 3.90. The zero-order chi connectivity index (χ0) is 25.5. The molecule has 3 aromatic carbocycles. The highest BCUT2D eigenvalue weighted by molar-refractivity contribution is 5.91. The van der Waals surface area contributed by atoms with Crippen molar-refractivity contribution in [3.05, 3.63) is 108 Å². The third-order valence-corrected chi connectivity index (χ3v) is 5.92. The van der Waals surface area contributed by atoms with Crippen molar-refractivity contribution in [3.63, 3.8) is 0 Å². The molecule has 4 atom stereocenters. The first-order chi connectivity index (χ1) is 17.4. The Morgan fingerprint density at radius 1 is 0.750 bits per heavy atom. The Hall–Kier alpha value is -4.01. The topological polar surface area (TPSA) is 97.4 Å². The van der Waals surface area contributed by atoms with Gasteiger partial charge in [-0.15, -0.1) is 0 Å². The first-order valence-electron chi connectivity index (χ1n) is 11.4. The lowest BCUT2D eigenvalue weighted by Crippen LogP contribution is -2.52. The second-order valence-electron chi connectivity index (χ2n) is 8.32. The van der Waals surface area contributed by atoms with Crippen molar-refractivity contribution >= 4 is 17.9 Å². The largest absolute Gasteiger partial charge is 0.459 e. The van der Waals surface area contributed by atoms with Crippen LogP contribution < -0.4 is 0 Å². The summed E-state index contributed by atoms with van der Waals surface area (Å²) in [7, 11) is 1.38. The van der Waals surface area contributed by atoms with Crippen LogP contribution in [0.15, 0.2) is 91.0 Å². The van der Waals surface area contributed by atoms with Gasteiger partial charge in [0.25, 0.3) is 0 Å². The molecule has 0 amide bonds. The molecule has 0 bridgehead atoms. The Balaban J connectivity index is 1.60. The minimum atomic E-state index is -1.55. The molecule has 8 nitrogen and oxygen atoms in total. The van der Waals surface area contributed by atoms with Crippen LogP contribution in [0.3, 0.4) is 0 Å². The van der Waals surface area contributed by atoms with Gasteiger partial charge in [0, 0.05) is 7.11 Å². The number of hydrogen-bond donors (Lipinski definition) is 0. The fraction of sp³-hybridized carbons (Fsp3) is 0.250. The smallest absolute Gasteiger partial charge is 0.338 e. The summed E-state index contributed by atoms with van der Waals surface area (Å²) < 4.78 is 28.5. The number of benzene rings is 3. The zero-order valence-electron chi connectivity index (χ0n) is 19.9. The van der Waals surface area contributed by atoms with Crippen molar-refractivity contribution in [2.24, 2.45) is 0 Å². The maximum atomic E-state index is 13.0. The van der Waals surface area contributed by atoms with E-state index < -0.39 is 42.0 Å². The minimum Gasteiger partial charge on any atom is -0.459 e. The van der Waals surface area contributed by atoms with Crippen LogP contribution in [0.4, 0.5) is 0 Å². The molecule has 0 spiro atoms. The molecule has 0 aliphatic carbocycles. The van der Waals surface area contributed by atoms with Crippen molar-refractivity contribution in [2.45, 2.75) is 31.0 Å². The summed E-state index contributed by atoms with van der Waals surface area (Å²) in [6.45, 7) is 1.29. The van der Waals surface area contributed by atoms with Crippen molar-refractivity contribution in [1.82, 2.24) is 0 Å². The van der Waals surface area contributed by atoms with Crippen LogP contribution in [0, 0.1) is 0 Å². The van der Waals surface area contributed by atoms with Gasteiger partial charge in [-0.2, -0.15) is 0 Å². The van der Waals surface area contributed by atoms with Gasteiger partial charge in [-0.3, -0.25) is 0 Å². The van der Waals surface area contributed by atoms with Gasteiger partial charge < -0.3 is 23.7 Å². The zero-order valence-corrected chi connectivity index (χ0v) is 19.9. The first-order valence-corrected chi connectivity index (χ1v) is 11.4. The summed E-state index contributed by atoms with van der Waals surface area (Å²) in [6, 6.07) is 25.2. The molecule has 1 heterocycles. The van der Waals surface area contributed by atoms with Gasteiger partial charge in [-0.05, 0) is 43.3 Å². The van der Waals surface area contributed by atoms with Crippen molar-refractivity contribution in [2.75, 3.05) is 13.7 Å².